The summed E-state index contributed by atoms with van der Waals surface area (Å²) in [6.45, 7) is 3.72. The average Bonchev–Trinajstić information content (AvgIpc) is 2.39. The first-order valence-electron chi connectivity index (χ1n) is 6.17. The third-order valence-electron chi connectivity index (χ3n) is 2.60. The van der Waals surface area contributed by atoms with Gasteiger partial charge in [0.25, 0.3) is 0 Å². The van der Waals surface area contributed by atoms with Gasteiger partial charge in [-0.05, 0) is 31.5 Å². The van der Waals surface area contributed by atoms with Gasteiger partial charge in [-0.1, -0.05) is 6.07 Å². The minimum Gasteiger partial charge on any atom is -0.490 e. The first kappa shape index (κ1) is 17.5. The molecule has 0 aliphatic rings. The van der Waals surface area contributed by atoms with Gasteiger partial charge in [-0.25, -0.2) is 0 Å². The van der Waals surface area contributed by atoms with Crippen molar-refractivity contribution >= 4 is 0 Å². The molecule has 1 aromatic carbocycles. The molecule has 0 heterocycles. The lowest BCUT2D eigenvalue weighted by Crippen LogP contribution is -2.42. The predicted molar refractivity (Wildman–Crippen MR) is 64.7 cm³/mol. The summed E-state index contributed by atoms with van der Waals surface area (Å²) in [6, 6.07) is 3.04. The summed E-state index contributed by atoms with van der Waals surface area (Å²) in [5.74, 6) is -5.07. The number of hydrogen-bond acceptors (Lipinski definition) is 3. The molecule has 0 saturated carbocycles. The van der Waals surface area contributed by atoms with Gasteiger partial charge < -0.3 is 14.6 Å². The lowest BCUT2D eigenvalue weighted by atomic mass is 10.0. The highest BCUT2D eigenvalue weighted by Gasteiger charge is 2.62. The van der Waals surface area contributed by atoms with Gasteiger partial charge in [0.05, 0.1) is 13.2 Å². The lowest BCUT2D eigenvalue weighted by Gasteiger charge is -2.25. The van der Waals surface area contributed by atoms with E-state index in [-0.39, 0.29) is 24.7 Å². The van der Waals surface area contributed by atoms with Crippen LogP contribution in [0.4, 0.5) is 22.0 Å². The number of rotatable bonds is 6. The van der Waals surface area contributed by atoms with Crippen LogP contribution in [0.1, 0.15) is 25.5 Å². The summed E-state index contributed by atoms with van der Waals surface area (Å²) < 4.78 is 73.3. The molecule has 0 fully saturated rings. The summed E-state index contributed by atoms with van der Waals surface area (Å²) in [4.78, 5) is 0. The van der Waals surface area contributed by atoms with Crippen LogP contribution in [0.25, 0.3) is 0 Å². The largest absolute Gasteiger partial charge is 0.490 e. The highest BCUT2D eigenvalue weighted by molar-refractivity contribution is 5.44. The van der Waals surface area contributed by atoms with Crippen molar-refractivity contribution in [3.8, 4) is 11.5 Å². The molecule has 0 bridgehead atoms. The summed E-state index contributed by atoms with van der Waals surface area (Å²) >= 11 is 0. The maximum atomic E-state index is 13.1. The van der Waals surface area contributed by atoms with Crippen LogP contribution < -0.4 is 9.47 Å². The molecule has 1 N–H and O–H groups in total. The maximum absolute atomic E-state index is 13.1. The van der Waals surface area contributed by atoms with Crippen molar-refractivity contribution in [1.29, 1.82) is 0 Å². The Bertz CT molecular complexity index is 473. The summed E-state index contributed by atoms with van der Waals surface area (Å²) in [5.41, 5.74) is -0.607. The van der Waals surface area contributed by atoms with Crippen molar-refractivity contribution < 1.29 is 36.5 Å². The van der Waals surface area contributed by atoms with Gasteiger partial charge in [-0.15, -0.1) is 0 Å². The van der Waals surface area contributed by atoms with Gasteiger partial charge in [0, 0.05) is 0 Å². The zero-order valence-corrected chi connectivity index (χ0v) is 11.4. The molecule has 21 heavy (non-hydrogen) atoms. The van der Waals surface area contributed by atoms with Crippen molar-refractivity contribution in [2.45, 2.75) is 32.1 Å². The second-order valence-electron chi connectivity index (χ2n) is 4.10. The van der Waals surface area contributed by atoms with Crippen LogP contribution in [0.5, 0.6) is 11.5 Å². The molecular weight excluding hydrogens is 299 g/mol. The molecule has 0 radical (unpaired) electrons. The maximum Gasteiger partial charge on any atom is 0.456 e. The number of alkyl halides is 5. The molecule has 0 spiro atoms. The molecule has 1 aromatic rings. The molecule has 1 unspecified atom stereocenters. The van der Waals surface area contributed by atoms with E-state index in [0.29, 0.717) is 0 Å². The number of aliphatic hydroxyl groups is 1. The van der Waals surface area contributed by atoms with Crippen molar-refractivity contribution in [2.24, 2.45) is 0 Å². The fourth-order valence-electron chi connectivity index (χ4n) is 1.60. The van der Waals surface area contributed by atoms with Crippen molar-refractivity contribution in [2.75, 3.05) is 13.2 Å². The third kappa shape index (κ3) is 3.75. The molecule has 0 aliphatic carbocycles. The number of aliphatic hydroxyl groups excluding tert-OH is 1. The number of benzene rings is 1. The van der Waals surface area contributed by atoms with Crippen LogP contribution in [-0.4, -0.2) is 30.4 Å². The van der Waals surface area contributed by atoms with Gasteiger partial charge >= 0.3 is 12.1 Å². The third-order valence-corrected chi connectivity index (χ3v) is 2.60. The molecule has 0 amide bonds. The molecule has 0 aromatic heterocycles. The fraction of sp³-hybridized carbons (Fsp3) is 0.538. The molecule has 3 nitrogen and oxygen atoms in total. The van der Waals surface area contributed by atoms with Gasteiger partial charge in [0.2, 0.25) is 0 Å². The topological polar surface area (TPSA) is 38.7 Å². The van der Waals surface area contributed by atoms with E-state index < -0.39 is 23.8 Å². The smallest absolute Gasteiger partial charge is 0.456 e. The van der Waals surface area contributed by atoms with E-state index >= 15 is 0 Å². The van der Waals surface area contributed by atoms with Crippen LogP contribution in [0.2, 0.25) is 0 Å². The molecule has 0 aliphatic heterocycles. The van der Waals surface area contributed by atoms with E-state index in [1.165, 1.54) is 6.07 Å². The van der Waals surface area contributed by atoms with E-state index in [9.17, 15) is 27.1 Å². The van der Waals surface area contributed by atoms with Crippen molar-refractivity contribution in [3.05, 3.63) is 23.8 Å². The quantitative estimate of drug-likeness (QED) is 0.814. The van der Waals surface area contributed by atoms with Crippen LogP contribution in [0.15, 0.2) is 18.2 Å². The lowest BCUT2D eigenvalue weighted by molar-refractivity contribution is -0.315. The minimum atomic E-state index is -5.85. The molecule has 120 valence electrons. The van der Waals surface area contributed by atoms with E-state index in [1.54, 1.807) is 13.8 Å². The predicted octanol–water partition coefficient (Wildman–Crippen LogP) is 3.72. The van der Waals surface area contributed by atoms with Crippen molar-refractivity contribution in [3.63, 3.8) is 0 Å². The Hall–Kier alpha value is -1.57. The normalized spacial score (nSPS) is 13.9. The summed E-state index contributed by atoms with van der Waals surface area (Å²) in [7, 11) is 0. The molecule has 1 atom stereocenters. The van der Waals surface area contributed by atoms with Crippen LogP contribution in [-0.2, 0) is 0 Å². The van der Waals surface area contributed by atoms with Gasteiger partial charge in [0.1, 0.15) is 0 Å². The first-order chi connectivity index (χ1) is 9.65. The van der Waals surface area contributed by atoms with Crippen LogP contribution in [0.3, 0.4) is 0 Å². The zero-order valence-electron chi connectivity index (χ0n) is 11.4. The number of ether oxygens (including phenoxy) is 2. The average molecular weight is 314 g/mol. The van der Waals surface area contributed by atoms with Crippen molar-refractivity contribution in [1.82, 2.24) is 0 Å². The Morgan fingerprint density at radius 2 is 1.52 bits per heavy atom. The van der Waals surface area contributed by atoms with Crippen LogP contribution in [0, 0.1) is 0 Å². The zero-order chi connectivity index (χ0) is 16.3. The number of hydrogen-bond donors (Lipinski definition) is 1. The molecule has 8 heteroatoms. The van der Waals surface area contributed by atoms with Crippen LogP contribution >= 0.6 is 0 Å². The highest BCUT2D eigenvalue weighted by atomic mass is 19.4. The van der Waals surface area contributed by atoms with Gasteiger partial charge in [-0.3, -0.25) is 0 Å². The Morgan fingerprint density at radius 3 is 2.00 bits per heavy atom. The summed E-state index contributed by atoms with van der Waals surface area (Å²) in [6.07, 6.45) is -8.87. The minimum absolute atomic E-state index is 0.00567. The van der Waals surface area contributed by atoms with E-state index in [4.69, 9.17) is 9.47 Å². The second kappa shape index (κ2) is 6.46. The Labute approximate surface area is 118 Å². The molecule has 0 saturated heterocycles. The standard InChI is InChI=1S/C13H15F5O3/c1-3-20-9-6-5-8(7-10(9)21-4-2)11(19)12(14,15)13(16,17)18/h5-7,11,19H,3-4H2,1-2H3. The van der Waals surface area contributed by atoms with Gasteiger partial charge in [0.15, 0.2) is 17.6 Å². The Morgan fingerprint density at radius 1 is 1.00 bits per heavy atom. The molecular formula is C13H15F5O3. The molecule has 1 rings (SSSR count). The highest BCUT2D eigenvalue weighted by Crippen LogP contribution is 2.45. The number of halogens is 5. The monoisotopic (exact) mass is 314 g/mol. The Kier molecular flexibility index (Phi) is 5.38. The van der Waals surface area contributed by atoms with Gasteiger partial charge in [-0.2, -0.15) is 22.0 Å². The SMILES string of the molecule is CCOc1ccc(C(O)C(F)(F)C(F)(F)F)cc1OCC. The van der Waals surface area contributed by atoms with E-state index in [0.717, 1.165) is 12.1 Å². The van der Waals surface area contributed by atoms with E-state index in [1.807, 2.05) is 0 Å². The second-order valence-corrected chi connectivity index (χ2v) is 4.10. The van der Waals surface area contributed by atoms with E-state index in [2.05, 4.69) is 0 Å². The first-order valence-corrected chi connectivity index (χ1v) is 6.17. The fourth-order valence-corrected chi connectivity index (χ4v) is 1.60. The Balaban J connectivity index is 3.16. The summed E-state index contributed by atoms with van der Waals surface area (Å²) in [5, 5.41) is 9.33.